The molecule has 0 fully saturated rings. The molecule has 1 aromatic carbocycles. The highest BCUT2D eigenvalue weighted by atomic mass is 16.5. The molecule has 118 valence electrons. The fourth-order valence-electron chi connectivity index (χ4n) is 2.10. The summed E-state index contributed by atoms with van der Waals surface area (Å²) in [5, 5.41) is 16.3. The zero-order valence-corrected chi connectivity index (χ0v) is 12.5. The molecule has 0 aliphatic rings. The van der Waals surface area contributed by atoms with E-state index in [1.807, 2.05) is 31.2 Å². The first-order chi connectivity index (χ1) is 11.1. The molecule has 2 aromatic heterocycles. The molecule has 0 bridgehead atoms. The summed E-state index contributed by atoms with van der Waals surface area (Å²) in [7, 11) is 0. The first kappa shape index (κ1) is 15.1. The van der Waals surface area contributed by atoms with Crippen LogP contribution in [0.3, 0.4) is 0 Å². The van der Waals surface area contributed by atoms with E-state index in [9.17, 15) is 9.90 Å². The fraction of sp³-hybridized carbons (Fsp3) is 0.176. The second kappa shape index (κ2) is 6.50. The summed E-state index contributed by atoms with van der Waals surface area (Å²) >= 11 is 0. The average Bonchev–Trinajstić information content (AvgIpc) is 3.24. The number of hydrogen-bond donors (Lipinski definition) is 2. The van der Waals surface area contributed by atoms with Gasteiger partial charge in [-0.2, -0.15) is 0 Å². The maximum atomic E-state index is 12.0. The van der Waals surface area contributed by atoms with E-state index in [0.717, 1.165) is 11.1 Å². The molecule has 3 aromatic rings. The topological polar surface area (TPSA) is 88.5 Å². The lowest BCUT2D eigenvalue weighted by Gasteiger charge is -2.07. The van der Waals surface area contributed by atoms with Gasteiger partial charge in [0.05, 0.1) is 12.8 Å². The Hall–Kier alpha value is -2.86. The molecule has 0 saturated heterocycles. The van der Waals surface area contributed by atoms with Crippen molar-refractivity contribution in [2.24, 2.45) is 0 Å². The van der Waals surface area contributed by atoms with Gasteiger partial charge in [-0.1, -0.05) is 35.0 Å². The van der Waals surface area contributed by atoms with Gasteiger partial charge in [0.2, 0.25) is 5.76 Å². The van der Waals surface area contributed by atoms with E-state index in [1.54, 1.807) is 18.2 Å². The summed E-state index contributed by atoms with van der Waals surface area (Å²) in [5.41, 5.74) is 2.60. The van der Waals surface area contributed by atoms with Crippen LogP contribution >= 0.6 is 0 Å². The van der Waals surface area contributed by atoms with Crippen molar-refractivity contribution >= 4 is 5.91 Å². The third kappa shape index (κ3) is 3.49. The van der Waals surface area contributed by atoms with Gasteiger partial charge in [0, 0.05) is 11.6 Å². The number of aliphatic hydroxyl groups excluding tert-OH is 1. The van der Waals surface area contributed by atoms with Gasteiger partial charge in [-0.3, -0.25) is 4.79 Å². The van der Waals surface area contributed by atoms with E-state index >= 15 is 0 Å². The van der Waals surface area contributed by atoms with Crippen LogP contribution in [0, 0.1) is 6.92 Å². The predicted octanol–water partition coefficient (Wildman–Crippen LogP) is 2.71. The number of carbonyl (C=O) groups is 1. The van der Waals surface area contributed by atoms with Crippen molar-refractivity contribution < 1.29 is 18.8 Å². The number of benzene rings is 1. The number of amides is 1. The summed E-state index contributed by atoms with van der Waals surface area (Å²) in [4.78, 5) is 12.0. The summed E-state index contributed by atoms with van der Waals surface area (Å²) in [6.45, 7) is 2.02. The number of aromatic nitrogens is 1. The third-order valence-electron chi connectivity index (χ3n) is 3.41. The van der Waals surface area contributed by atoms with Gasteiger partial charge in [-0.05, 0) is 19.1 Å². The molecule has 1 atom stereocenters. The van der Waals surface area contributed by atoms with Gasteiger partial charge in [-0.15, -0.1) is 0 Å². The molecule has 6 heteroatoms. The second-order valence-electron chi connectivity index (χ2n) is 5.18. The molecular formula is C17H16N2O4. The van der Waals surface area contributed by atoms with Crippen LogP contribution in [0.25, 0.3) is 11.3 Å². The number of aryl methyl sites for hydroxylation is 1. The monoisotopic (exact) mass is 312 g/mol. The minimum absolute atomic E-state index is 0.0207. The number of furan rings is 1. The Kier molecular flexibility index (Phi) is 4.25. The van der Waals surface area contributed by atoms with Crippen LogP contribution in [0.2, 0.25) is 0 Å². The highest BCUT2D eigenvalue weighted by molar-refractivity contribution is 5.92. The van der Waals surface area contributed by atoms with Crippen molar-refractivity contribution in [3.63, 3.8) is 0 Å². The van der Waals surface area contributed by atoms with Crippen molar-refractivity contribution in [3.05, 3.63) is 65.8 Å². The van der Waals surface area contributed by atoms with Crippen molar-refractivity contribution in [2.75, 3.05) is 6.54 Å². The van der Waals surface area contributed by atoms with Crippen molar-refractivity contribution in [1.29, 1.82) is 0 Å². The lowest BCUT2D eigenvalue weighted by Crippen LogP contribution is -2.27. The zero-order valence-electron chi connectivity index (χ0n) is 12.5. The number of nitrogens with zero attached hydrogens (tertiary/aromatic N) is 1. The quantitative estimate of drug-likeness (QED) is 0.756. The van der Waals surface area contributed by atoms with Gasteiger partial charge in [0.1, 0.15) is 17.6 Å². The highest BCUT2D eigenvalue weighted by Gasteiger charge is 2.17. The molecule has 2 N–H and O–H groups in total. The summed E-state index contributed by atoms with van der Waals surface area (Å²) in [5.74, 6) is 0.0388. The Morgan fingerprint density at radius 1 is 1.30 bits per heavy atom. The number of carbonyl (C=O) groups excluding carboxylic acids is 1. The molecule has 2 heterocycles. The Morgan fingerprint density at radius 2 is 2.09 bits per heavy atom. The van der Waals surface area contributed by atoms with Crippen LogP contribution in [0.5, 0.6) is 0 Å². The molecule has 0 aliphatic carbocycles. The highest BCUT2D eigenvalue weighted by Crippen LogP contribution is 2.19. The van der Waals surface area contributed by atoms with Crippen LogP contribution in [0.4, 0.5) is 0 Å². The Morgan fingerprint density at radius 3 is 2.78 bits per heavy atom. The van der Waals surface area contributed by atoms with Crippen LogP contribution in [0.1, 0.15) is 28.0 Å². The van der Waals surface area contributed by atoms with E-state index in [1.165, 1.54) is 6.26 Å². The van der Waals surface area contributed by atoms with Crippen LogP contribution in [0.15, 0.2) is 57.7 Å². The van der Waals surface area contributed by atoms with E-state index < -0.39 is 12.0 Å². The Bertz CT molecular complexity index is 775. The van der Waals surface area contributed by atoms with Crippen LogP contribution in [-0.4, -0.2) is 22.7 Å². The van der Waals surface area contributed by atoms with E-state index in [0.29, 0.717) is 11.5 Å². The fourth-order valence-corrected chi connectivity index (χ4v) is 2.10. The number of hydrogen-bond acceptors (Lipinski definition) is 5. The molecule has 23 heavy (non-hydrogen) atoms. The van der Waals surface area contributed by atoms with Gasteiger partial charge < -0.3 is 19.4 Å². The van der Waals surface area contributed by atoms with Gasteiger partial charge in [0.15, 0.2) is 0 Å². The van der Waals surface area contributed by atoms with Gasteiger partial charge in [0.25, 0.3) is 5.91 Å². The van der Waals surface area contributed by atoms with Gasteiger partial charge in [-0.25, -0.2) is 0 Å². The first-order valence-corrected chi connectivity index (χ1v) is 7.17. The minimum Gasteiger partial charge on any atom is -0.467 e. The molecular weight excluding hydrogens is 296 g/mol. The zero-order chi connectivity index (χ0) is 16.2. The normalized spacial score (nSPS) is 12.1. The van der Waals surface area contributed by atoms with Crippen molar-refractivity contribution in [2.45, 2.75) is 13.0 Å². The molecule has 1 unspecified atom stereocenters. The Balaban J connectivity index is 1.63. The predicted molar refractivity (Wildman–Crippen MR) is 82.7 cm³/mol. The van der Waals surface area contributed by atoms with Crippen molar-refractivity contribution in [3.8, 4) is 11.3 Å². The van der Waals surface area contributed by atoms with E-state index in [2.05, 4.69) is 10.5 Å². The van der Waals surface area contributed by atoms with Crippen LogP contribution in [-0.2, 0) is 0 Å². The largest absolute Gasteiger partial charge is 0.467 e. The lowest BCUT2D eigenvalue weighted by molar-refractivity contribution is 0.0866. The maximum Gasteiger partial charge on any atom is 0.290 e. The number of aliphatic hydroxyl groups is 1. The van der Waals surface area contributed by atoms with E-state index in [-0.39, 0.29) is 12.3 Å². The van der Waals surface area contributed by atoms with Crippen LogP contribution < -0.4 is 5.32 Å². The van der Waals surface area contributed by atoms with Gasteiger partial charge >= 0.3 is 0 Å². The summed E-state index contributed by atoms with van der Waals surface area (Å²) in [6.07, 6.45) is 0.554. The molecule has 0 saturated carbocycles. The Labute approximate surface area is 132 Å². The lowest BCUT2D eigenvalue weighted by atomic mass is 10.1. The first-order valence-electron chi connectivity index (χ1n) is 7.17. The summed E-state index contributed by atoms with van der Waals surface area (Å²) < 4.78 is 10.1. The smallest absolute Gasteiger partial charge is 0.290 e. The number of nitrogens with one attached hydrogen (secondary N) is 1. The third-order valence-corrected chi connectivity index (χ3v) is 3.41. The van der Waals surface area contributed by atoms with Crippen molar-refractivity contribution in [1.82, 2.24) is 10.5 Å². The molecule has 0 radical (unpaired) electrons. The minimum atomic E-state index is -0.909. The molecule has 3 rings (SSSR count). The second-order valence-corrected chi connectivity index (χ2v) is 5.18. The van der Waals surface area contributed by atoms with E-state index in [4.69, 9.17) is 8.94 Å². The standard InChI is InChI=1S/C17H16N2O4/c1-11-4-6-12(7-5-11)13-9-16(23-19-13)17(21)18-10-14(20)15-3-2-8-22-15/h2-9,14,20H,10H2,1H3,(H,18,21). The average molecular weight is 312 g/mol. The molecule has 0 aliphatic heterocycles. The maximum absolute atomic E-state index is 12.0. The molecule has 6 nitrogen and oxygen atoms in total. The SMILES string of the molecule is Cc1ccc(-c2cc(C(=O)NCC(O)c3ccco3)on2)cc1. The molecule has 0 spiro atoms. The molecule has 1 amide bonds. The number of rotatable bonds is 5. The summed E-state index contributed by atoms with van der Waals surface area (Å²) in [6, 6.07) is 12.6.